The highest BCUT2D eigenvalue weighted by atomic mass is 32.2. The monoisotopic (exact) mass is 460 g/mol. The largest absolute Gasteiger partial charge is 0.356 e. The Morgan fingerprint density at radius 3 is 2.62 bits per heavy atom. The molecule has 1 aliphatic heterocycles. The number of aryl methyl sites for hydroxylation is 2. The molecule has 0 spiro atoms. The number of hydrogen-bond acceptors (Lipinski definition) is 4. The van der Waals surface area contributed by atoms with Crippen LogP contribution in [0.15, 0.2) is 23.1 Å². The second kappa shape index (κ2) is 10.3. The molecule has 0 unspecified atom stereocenters. The van der Waals surface area contributed by atoms with Crippen molar-refractivity contribution in [1.29, 1.82) is 0 Å². The van der Waals surface area contributed by atoms with Gasteiger partial charge in [0.2, 0.25) is 15.9 Å². The number of fused-ring (bicyclic) bond motifs is 1. The molecule has 0 radical (unpaired) electrons. The Bertz CT molecular complexity index is 1030. The van der Waals surface area contributed by atoms with Crippen LogP contribution in [0.25, 0.3) is 11.0 Å². The van der Waals surface area contributed by atoms with E-state index in [4.69, 9.17) is 4.98 Å². The van der Waals surface area contributed by atoms with E-state index in [0.29, 0.717) is 42.3 Å². The van der Waals surface area contributed by atoms with Gasteiger partial charge in [0, 0.05) is 39.0 Å². The summed E-state index contributed by atoms with van der Waals surface area (Å²) in [5.41, 5.74) is 1.64. The molecule has 4 rings (SSSR count). The molecule has 1 saturated heterocycles. The third kappa shape index (κ3) is 5.17. The molecule has 2 heterocycles. The summed E-state index contributed by atoms with van der Waals surface area (Å²) in [6, 6.07) is 5.29. The minimum atomic E-state index is -3.47. The minimum absolute atomic E-state index is 0.0725. The van der Waals surface area contributed by atoms with Gasteiger partial charge in [0.05, 0.1) is 15.9 Å². The van der Waals surface area contributed by atoms with E-state index >= 15 is 0 Å². The van der Waals surface area contributed by atoms with Crippen LogP contribution in [0, 0.1) is 5.92 Å². The molecule has 1 amide bonds. The number of amides is 1. The zero-order chi connectivity index (χ0) is 22.6. The van der Waals surface area contributed by atoms with Crippen LogP contribution in [0.3, 0.4) is 0 Å². The Kier molecular flexibility index (Phi) is 7.51. The highest BCUT2D eigenvalue weighted by Crippen LogP contribution is 2.26. The Hall–Kier alpha value is -1.93. The van der Waals surface area contributed by atoms with Gasteiger partial charge in [-0.2, -0.15) is 4.31 Å². The van der Waals surface area contributed by atoms with Crippen molar-refractivity contribution >= 4 is 27.0 Å². The number of benzene rings is 1. The van der Waals surface area contributed by atoms with Crippen molar-refractivity contribution in [3.8, 4) is 0 Å². The SMILES string of the molecule is CCCCn1c(CCC(=O)NCC2CCCC2)nc2cc(S(=O)(=O)N3CCCC3)ccc21. The van der Waals surface area contributed by atoms with Gasteiger partial charge >= 0.3 is 0 Å². The van der Waals surface area contributed by atoms with E-state index in [2.05, 4.69) is 16.8 Å². The highest BCUT2D eigenvalue weighted by molar-refractivity contribution is 7.89. The summed E-state index contributed by atoms with van der Waals surface area (Å²) in [7, 11) is -3.47. The van der Waals surface area contributed by atoms with Crippen molar-refractivity contribution in [2.75, 3.05) is 19.6 Å². The van der Waals surface area contributed by atoms with Crippen LogP contribution in [0.4, 0.5) is 0 Å². The normalized spacial score (nSPS) is 18.0. The summed E-state index contributed by atoms with van der Waals surface area (Å²) >= 11 is 0. The molecule has 1 aliphatic carbocycles. The fraction of sp³-hybridized carbons (Fsp3) is 0.667. The lowest BCUT2D eigenvalue weighted by molar-refractivity contribution is -0.121. The van der Waals surface area contributed by atoms with Crippen LogP contribution in [0.2, 0.25) is 0 Å². The Morgan fingerprint density at radius 2 is 1.91 bits per heavy atom. The molecule has 0 atom stereocenters. The molecule has 1 aromatic carbocycles. The van der Waals surface area contributed by atoms with E-state index in [1.54, 1.807) is 16.4 Å². The molecule has 0 bridgehead atoms. The van der Waals surface area contributed by atoms with Crippen LogP contribution in [-0.4, -0.2) is 47.8 Å². The van der Waals surface area contributed by atoms with Gasteiger partial charge in [0.1, 0.15) is 5.82 Å². The number of hydrogen-bond donors (Lipinski definition) is 1. The maximum Gasteiger partial charge on any atom is 0.243 e. The van der Waals surface area contributed by atoms with Crippen molar-refractivity contribution in [3.05, 3.63) is 24.0 Å². The first-order valence-electron chi connectivity index (χ1n) is 12.2. The molecule has 2 fully saturated rings. The molecule has 1 saturated carbocycles. The van der Waals surface area contributed by atoms with Crippen molar-refractivity contribution < 1.29 is 13.2 Å². The van der Waals surface area contributed by atoms with Gasteiger partial charge in [-0.3, -0.25) is 4.79 Å². The average molecular weight is 461 g/mol. The first-order chi connectivity index (χ1) is 15.5. The van der Waals surface area contributed by atoms with Crippen molar-refractivity contribution in [2.45, 2.75) is 82.6 Å². The molecule has 1 N–H and O–H groups in total. The van der Waals surface area contributed by atoms with Gasteiger partial charge in [-0.05, 0) is 56.2 Å². The fourth-order valence-corrected chi connectivity index (χ4v) is 6.48. The summed E-state index contributed by atoms with van der Waals surface area (Å²) in [6.07, 6.45) is 9.85. The Morgan fingerprint density at radius 1 is 1.16 bits per heavy atom. The lowest BCUT2D eigenvalue weighted by Gasteiger charge is -2.15. The van der Waals surface area contributed by atoms with Crippen LogP contribution >= 0.6 is 0 Å². The number of nitrogens with one attached hydrogen (secondary N) is 1. The molecular weight excluding hydrogens is 424 g/mol. The third-order valence-electron chi connectivity index (χ3n) is 6.88. The fourth-order valence-electron chi connectivity index (χ4n) is 4.94. The second-order valence-electron chi connectivity index (χ2n) is 9.25. The molecule has 2 aromatic rings. The van der Waals surface area contributed by atoms with Crippen LogP contribution in [0.1, 0.15) is 70.5 Å². The molecular formula is C24H36N4O3S. The van der Waals surface area contributed by atoms with Crippen molar-refractivity contribution in [2.24, 2.45) is 5.92 Å². The van der Waals surface area contributed by atoms with E-state index in [1.807, 2.05) is 6.07 Å². The second-order valence-corrected chi connectivity index (χ2v) is 11.2. The van der Waals surface area contributed by atoms with Crippen molar-refractivity contribution in [3.63, 3.8) is 0 Å². The zero-order valence-electron chi connectivity index (χ0n) is 19.2. The van der Waals surface area contributed by atoms with E-state index in [-0.39, 0.29) is 5.91 Å². The summed E-state index contributed by atoms with van der Waals surface area (Å²) in [5, 5.41) is 3.09. The highest BCUT2D eigenvalue weighted by Gasteiger charge is 2.28. The summed E-state index contributed by atoms with van der Waals surface area (Å²) in [6.45, 7) is 4.93. The molecule has 32 heavy (non-hydrogen) atoms. The lowest BCUT2D eigenvalue weighted by Crippen LogP contribution is -2.28. The Balaban J connectivity index is 1.50. The topological polar surface area (TPSA) is 84.3 Å². The molecule has 2 aliphatic rings. The van der Waals surface area contributed by atoms with Crippen LogP contribution in [0.5, 0.6) is 0 Å². The van der Waals surface area contributed by atoms with Gasteiger partial charge in [0.25, 0.3) is 0 Å². The lowest BCUT2D eigenvalue weighted by atomic mass is 10.1. The van der Waals surface area contributed by atoms with Crippen molar-refractivity contribution in [1.82, 2.24) is 19.2 Å². The maximum absolute atomic E-state index is 13.0. The molecule has 1 aromatic heterocycles. The molecule has 176 valence electrons. The smallest absolute Gasteiger partial charge is 0.243 e. The predicted molar refractivity (Wildman–Crippen MR) is 126 cm³/mol. The predicted octanol–water partition coefficient (Wildman–Crippen LogP) is 3.86. The number of carbonyl (C=O) groups is 1. The average Bonchev–Trinajstić information content (AvgIpc) is 3.55. The van der Waals surface area contributed by atoms with E-state index in [1.165, 1.54) is 25.7 Å². The van der Waals surface area contributed by atoms with Crippen LogP contribution in [-0.2, 0) is 27.8 Å². The third-order valence-corrected chi connectivity index (χ3v) is 8.77. The van der Waals surface area contributed by atoms with Gasteiger partial charge in [-0.1, -0.05) is 26.2 Å². The van der Waals surface area contributed by atoms with Gasteiger partial charge < -0.3 is 9.88 Å². The minimum Gasteiger partial charge on any atom is -0.356 e. The van der Waals surface area contributed by atoms with Gasteiger partial charge in [-0.25, -0.2) is 13.4 Å². The number of imidazole rings is 1. The number of nitrogens with zero attached hydrogens (tertiary/aromatic N) is 3. The first-order valence-corrected chi connectivity index (χ1v) is 13.7. The first kappa shape index (κ1) is 23.2. The zero-order valence-corrected chi connectivity index (χ0v) is 20.0. The van der Waals surface area contributed by atoms with Crippen LogP contribution < -0.4 is 5.32 Å². The van der Waals surface area contributed by atoms with Gasteiger partial charge in [0.15, 0.2) is 0 Å². The summed E-state index contributed by atoms with van der Waals surface area (Å²) < 4.78 is 29.7. The number of sulfonamides is 1. The quantitative estimate of drug-likeness (QED) is 0.583. The maximum atomic E-state index is 13.0. The molecule has 7 nitrogen and oxygen atoms in total. The number of unbranched alkanes of at least 4 members (excludes halogenated alkanes) is 1. The summed E-state index contributed by atoms with van der Waals surface area (Å²) in [5.74, 6) is 1.56. The van der Waals surface area contributed by atoms with E-state index in [9.17, 15) is 13.2 Å². The van der Waals surface area contributed by atoms with E-state index in [0.717, 1.165) is 50.1 Å². The Labute approximate surface area is 191 Å². The number of carbonyl (C=O) groups excluding carboxylic acids is 1. The number of rotatable bonds is 10. The standard InChI is InChI=1S/C24H36N4O3S/c1-2-3-16-28-22-11-10-20(32(30,31)27-14-6-7-15-27)17-21(22)26-23(28)12-13-24(29)25-18-19-8-4-5-9-19/h10-11,17,19H,2-9,12-16,18H2,1H3,(H,25,29). The van der Waals surface area contributed by atoms with Gasteiger partial charge in [-0.15, -0.1) is 0 Å². The van der Waals surface area contributed by atoms with E-state index < -0.39 is 10.0 Å². The molecule has 8 heteroatoms. The summed E-state index contributed by atoms with van der Waals surface area (Å²) in [4.78, 5) is 17.5. The number of aromatic nitrogens is 2.